The number of rotatable bonds is 7. The van der Waals surface area contributed by atoms with E-state index in [1.807, 2.05) is 115 Å². The van der Waals surface area contributed by atoms with Gasteiger partial charge in [-0.3, -0.25) is 24.1 Å². The second-order valence-electron chi connectivity index (χ2n) is 14.8. The van der Waals surface area contributed by atoms with Crippen LogP contribution in [0.3, 0.4) is 0 Å². The fraction of sp³-hybridized carbons (Fsp3) is 0.191. The summed E-state index contributed by atoms with van der Waals surface area (Å²) in [5.74, 6) is -4.33. The fourth-order valence-electron chi connectivity index (χ4n) is 9.77. The first-order valence-electron chi connectivity index (χ1n) is 18.6. The molecule has 272 valence electrons. The van der Waals surface area contributed by atoms with E-state index in [4.69, 9.17) is 4.74 Å². The lowest BCUT2D eigenvalue weighted by Gasteiger charge is -2.55. The molecule has 0 aromatic heterocycles. The van der Waals surface area contributed by atoms with Gasteiger partial charge in [0, 0.05) is 28.8 Å². The maximum atomic E-state index is 15.2. The minimum absolute atomic E-state index is 0.102. The Hall–Kier alpha value is -6.54. The van der Waals surface area contributed by atoms with Crippen LogP contribution in [0.4, 0.5) is 17.1 Å². The van der Waals surface area contributed by atoms with Crippen molar-refractivity contribution in [2.24, 2.45) is 23.7 Å². The minimum Gasteiger partial charge on any atom is -0.504 e. The van der Waals surface area contributed by atoms with Gasteiger partial charge in [-0.05, 0) is 90.1 Å². The summed E-state index contributed by atoms with van der Waals surface area (Å²) in [7, 11) is 1.47. The summed E-state index contributed by atoms with van der Waals surface area (Å²) >= 11 is 0. The Balaban J connectivity index is 1.18. The topological polar surface area (TPSA) is 113 Å². The highest BCUT2D eigenvalue weighted by molar-refractivity contribution is 6.32. The molecule has 8 nitrogen and oxygen atoms in total. The Kier molecular flexibility index (Phi) is 8.34. The molecule has 0 bridgehead atoms. The molecule has 5 aromatic carbocycles. The van der Waals surface area contributed by atoms with Gasteiger partial charge in [0.05, 0.1) is 30.0 Å². The van der Waals surface area contributed by atoms with E-state index in [1.54, 1.807) is 24.3 Å². The summed E-state index contributed by atoms with van der Waals surface area (Å²) in [4.78, 5) is 60.6. The van der Waals surface area contributed by atoms with Gasteiger partial charge in [-0.15, -0.1) is 0 Å². The minimum atomic E-state index is -1.39. The average molecular weight is 727 g/mol. The number of para-hydroxylation sites is 1. The molecule has 6 unspecified atom stereocenters. The number of imide groups is 1. The molecule has 2 amide bonds. The van der Waals surface area contributed by atoms with E-state index in [0.717, 1.165) is 16.9 Å². The van der Waals surface area contributed by atoms with Gasteiger partial charge in [-0.1, -0.05) is 96.6 Å². The zero-order valence-corrected chi connectivity index (χ0v) is 30.1. The van der Waals surface area contributed by atoms with Crippen molar-refractivity contribution in [3.63, 3.8) is 0 Å². The van der Waals surface area contributed by atoms with Crippen LogP contribution >= 0.6 is 0 Å². The first kappa shape index (κ1) is 34.2. The van der Waals surface area contributed by atoms with Crippen LogP contribution in [0.2, 0.25) is 0 Å². The summed E-state index contributed by atoms with van der Waals surface area (Å²) in [6.45, 7) is 0. The molecule has 0 spiro atoms. The number of Topliss-reactive ketones (excluding diaryl/α,β-unsaturated/α-hetero) is 1. The van der Waals surface area contributed by atoms with Crippen molar-refractivity contribution in [3.8, 4) is 11.5 Å². The molecule has 9 rings (SSSR count). The quantitative estimate of drug-likeness (QED) is 0.129. The van der Waals surface area contributed by atoms with Crippen molar-refractivity contribution in [2.75, 3.05) is 17.3 Å². The van der Waals surface area contributed by atoms with Gasteiger partial charge in [0.1, 0.15) is 0 Å². The second-order valence-corrected chi connectivity index (χ2v) is 14.8. The van der Waals surface area contributed by atoms with Crippen LogP contribution in [-0.2, 0) is 24.6 Å². The number of ether oxygens (including phenoxy) is 1. The normalized spacial score (nSPS) is 25.7. The molecule has 6 atom stereocenters. The van der Waals surface area contributed by atoms with E-state index in [-0.39, 0.29) is 41.3 Å². The monoisotopic (exact) mass is 726 g/mol. The van der Waals surface area contributed by atoms with E-state index in [2.05, 4.69) is 5.32 Å². The molecule has 1 aliphatic heterocycles. The predicted molar refractivity (Wildman–Crippen MR) is 210 cm³/mol. The first-order valence-corrected chi connectivity index (χ1v) is 18.6. The maximum absolute atomic E-state index is 15.2. The molecule has 1 saturated heterocycles. The summed E-state index contributed by atoms with van der Waals surface area (Å²) in [5, 5.41) is 14.5. The lowest BCUT2D eigenvalue weighted by molar-refractivity contribution is -0.135. The number of benzene rings is 5. The molecular formula is C47H38N2O6. The molecule has 2 fully saturated rings. The lowest BCUT2D eigenvalue weighted by Crippen LogP contribution is -2.58. The number of methoxy groups -OCH3 is 1. The number of allylic oxidation sites excluding steroid dienone is 4. The number of nitrogens with one attached hydrogen (secondary N) is 1. The zero-order chi connectivity index (χ0) is 37.8. The smallest absolute Gasteiger partial charge is 0.238 e. The number of hydrogen-bond acceptors (Lipinski definition) is 7. The molecule has 8 heteroatoms. The zero-order valence-electron chi connectivity index (χ0n) is 30.1. The number of fused-ring (bicyclic) bond motifs is 4. The number of carbonyl (C=O) groups is 4. The molecule has 5 aromatic rings. The molecule has 1 saturated carbocycles. The molecule has 3 aliphatic carbocycles. The predicted octanol–water partition coefficient (Wildman–Crippen LogP) is 8.17. The van der Waals surface area contributed by atoms with Gasteiger partial charge in [0.25, 0.3) is 0 Å². The number of anilines is 3. The number of nitrogens with zero attached hydrogens (tertiary/aromatic N) is 1. The summed E-state index contributed by atoms with van der Waals surface area (Å²) < 4.78 is 5.40. The number of aromatic hydroxyl groups is 1. The van der Waals surface area contributed by atoms with Crippen LogP contribution in [0, 0.1) is 23.7 Å². The molecule has 4 aliphatic rings. The van der Waals surface area contributed by atoms with Crippen LogP contribution in [0.1, 0.15) is 35.4 Å². The van der Waals surface area contributed by atoms with Gasteiger partial charge >= 0.3 is 0 Å². The van der Waals surface area contributed by atoms with Crippen LogP contribution < -0.4 is 15.0 Å². The van der Waals surface area contributed by atoms with Crippen molar-refractivity contribution in [1.82, 2.24) is 0 Å². The second kappa shape index (κ2) is 13.4. The summed E-state index contributed by atoms with van der Waals surface area (Å²) in [6.07, 6.45) is 4.01. The van der Waals surface area contributed by atoms with Gasteiger partial charge in [0.15, 0.2) is 23.1 Å². The first-order chi connectivity index (χ1) is 26.8. The number of phenols is 1. The highest BCUT2D eigenvalue weighted by Crippen LogP contribution is 2.64. The van der Waals surface area contributed by atoms with E-state index in [1.165, 1.54) is 18.1 Å². The molecular weight excluding hydrogens is 689 g/mol. The van der Waals surface area contributed by atoms with Crippen molar-refractivity contribution in [1.29, 1.82) is 0 Å². The Morgan fingerprint density at radius 3 is 2.07 bits per heavy atom. The molecule has 55 heavy (non-hydrogen) atoms. The van der Waals surface area contributed by atoms with E-state index in [9.17, 15) is 14.7 Å². The Morgan fingerprint density at radius 2 is 1.40 bits per heavy atom. The van der Waals surface area contributed by atoms with E-state index >= 15 is 9.59 Å². The third-order valence-corrected chi connectivity index (χ3v) is 12.1. The molecule has 0 radical (unpaired) electrons. The van der Waals surface area contributed by atoms with Crippen LogP contribution in [-0.4, -0.2) is 35.6 Å². The van der Waals surface area contributed by atoms with Gasteiger partial charge in [-0.2, -0.15) is 0 Å². The standard InChI is InChI=1S/C47H38N2O6/c1-55-40-24-17-29(25-39(40)50)43-34-22-23-35-42(46(54)49(45(35)53)33-20-18-32(19-21-33)48-31-15-9-4-10-16-31)37(34)26-38-44(52)36(28-11-5-2-6-12-28)27-41(51)47(38,43)30-13-7-3-8-14-30/h2-22,24-25,27,35,37-38,42-43,48,50H,23,26H2,1H3. The highest BCUT2D eigenvalue weighted by atomic mass is 16.5. The van der Waals surface area contributed by atoms with Crippen molar-refractivity contribution >= 4 is 46.0 Å². The van der Waals surface area contributed by atoms with Gasteiger partial charge in [-0.25, -0.2) is 0 Å². The highest BCUT2D eigenvalue weighted by Gasteiger charge is 2.66. The van der Waals surface area contributed by atoms with Gasteiger partial charge in [0.2, 0.25) is 11.8 Å². The fourth-order valence-corrected chi connectivity index (χ4v) is 9.77. The van der Waals surface area contributed by atoms with Crippen LogP contribution in [0.15, 0.2) is 151 Å². The third-order valence-electron chi connectivity index (χ3n) is 12.1. The van der Waals surface area contributed by atoms with Crippen molar-refractivity contribution in [3.05, 3.63) is 168 Å². The largest absolute Gasteiger partial charge is 0.504 e. The Bertz CT molecular complexity index is 2410. The molecule has 1 heterocycles. The van der Waals surface area contributed by atoms with Crippen LogP contribution in [0.25, 0.3) is 5.57 Å². The summed E-state index contributed by atoms with van der Waals surface area (Å²) in [5.41, 5.74) is 3.93. The average Bonchev–Trinajstić information content (AvgIpc) is 3.48. The van der Waals surface area contributed by atoms with E-state index < -0.39 is 35.0 Å². The SMILES string of the molecule is COc1ccc(C2C3=CCC4C(=O)N(c5ccc(Nc6ccccc6)cc5)C(=O)C4C3CC3C(=O)C(c4ccccc4)=CC(=O)C32c2ccccc2)cc1O. The number of carbonyl (C=O) groups excluding carboxylic acids is 4. The number of ketones is 2. The lowest BCUT2D eigenvalue weighted by atomic mass is 9.44. The number of hydrogen-bond donors (Lipinski definition) is 2. The Labute approximate surface area is 318 Å². The van der Waals surface area contributed by atoms with E-state index in [0.29, 0.717) is 34.4 Å². The van der Waals surface area contributed by atoms with Gasteiger partial charge < -0.3 is 15.2 Å². The number of phenolic OH excluding ortho intramolecular Hbond substituents is 1. The third kappa shape index (κ3) is 5.35. The van der Waals surface area contributed by atoms with Crippen molar-refractivity contribution < 1.29 is 29.0 Å². The Morgan fingerprint density at radius 1 is 0.745 bits per heavy atom. The maximum Gasteiger partial charge on any atom is 0.238 e. The van der Waals surface area contributed by atoms with Crippen LogP contribution in [0.5, 0.6) is 11.5 Å². The number of amides is 2. The van der Waals surface area contributed by atoms with Crippen molar-refractivity contribution in [2.45, 2.75) is 24.2 Å². The molecule has 2 N–H and O–H groups in total. The summed E-state index contributed by atoms with van der Waals surface area (Å²) in [6, 6.07) is 40.7.